The highest BCUT2D eigenvalue weighted by Gasteiger charge is 2.29. The highest BCUT2D eigenvalue weighted by atomic mass is 19.1. The molecule has 1 atom stereocenters. The third kappa shape index (κ3) is 5.79. The molecule has 0 radical (unpaired) electrons. The highest BCUT2D eigenvalue weighted by Crippen LogP contribution is 2.14. The smallest absolute Gasteiger partial charge is 0.323 e. The Hall–Kier alpha value is -1.43. The van der Waals surface area contributed by atoms with E-state index < -0.39 is 17.3 Å². The molecule has 0 aliphatic carbocycles. The Balaban J connectivity index is 4.30. The summed E-state index contributed by atoms with van der Waals surface area (Å²) in [6, 6.07) is 0. The number of aliphatic carboxylic acids is 1. The van der Waals surface area contributed by atoms with E-state index in [0.29, 0.717) is 5.84 Å². The Morgan fingerprint density at radius 1 is 1.67 bits per heavy atom. The molecule has 0 heterocycles. The van der Waals surface area contributed by atoms with Crippen molar-refractivity contribution in [2.24, 2.45) is 16.5 Å². The summed E-state index contributed by atoms with van der Waals surface area (Å²) in [7, 11) is 0. The topological polar surface area (TPSA) is 102 Å². The van der Waals surface area contributed by atoms with E-state index in [0.717, 1.165) is 6.08 Å². The average molecular weight is 217 g/mol. The number of nitrogens with zero attached hydrogens (tertiary/aromatic N) is 1. The molecule has 0 fully saturated rings. The van der Waals surface area contributed by atoms with Crippen molar-refractivity contribution in [1.29, 1.82) is 0 Å². The number of hydrogen-bond acceptors (Lipinski definition) is 3. The number of nitrogens with two attached hydrogens (primary N) is 2. The van der Waals surface area contributed by atoms with Gasteiger partial charge in [-0.25, -0.2) is 4.39 Å². The van der Waals surface area contributed by atoms with Crippen molar-refractivity contribution in [3.63, 3.8) is 0 Å². The highest BCUT2D eigenvalue weighted by molar-refractivity contribution is 5.78. The molecular weight excluding hydrogens is 201 g/mol. The van der Waals surface area contributed by atoms with E-state index in [1.54, 1.807) is 6.92 Å². The number of amidine groups is 1. The fraction of sp³-hybridized carbons (Fsp3) is 0.556. The first-order valence-electron chi connectivity index (χ1n) is 4.39. The van der Waals surface area contributed by atoms with Crippen molar-refractivity contribution in [3.05, 3.63) is 11.9 Å². The van der Waals surface area contributed by atoms with Gasteiger partial charge in [-0.3, -0.25) is 9.79 Å². The summed E-state index contributed by atoms with van der Waals surface area (Å²) in [5.74, 6) is -1.51. The Labute approximate surface area is 87.7 Å². The van der Waals surface area contributed by atoms with Gasteiger partial charge in [0.15, 0.2) is 0 Å². The molecule has 0 amide bonds. The molecule has 0 rings (SSSR count). The van der Waals surface area contributed by atoms with Gasteiger partial charge in [0.05, 0.1) is 12.4 Å². The van der Waals surface area contributed by atoms with Gasteiger partial charge in [-0.2, -0.15) is 0 Å². The van der Waals surface area contributed by atoms with E-state index in [-0.39, 0.29) is 13.0 Å². The van der Waals surface area contributed by atoms with Gasteiger partial charge in [-0.15, -0.1) is 0 Å². The predicted octanol–water partition coefficient (Wildman–Crippen LogP) is 0.409. The monoisotopic (exact) mass is 217 g/mol. The van der Waals surface area contributed by atoms with E-state index >= 15 is 0 Å². The van der Waals surface area contributed by atoms with Crippen molar-refractivity contribution in [2.75, 3.05) is 6.54 Å². The first-order chi connectivity index (χ1) is 6.75. The number of carboxylic acids is 1. The fourth-order valence-corrected chi connectivity index (χ4v) is 0.787. The minimum atomic E-state index is -1.60. The molecule has 6 heteroatoms. The minimum absolute atomic E-state index is 0.0872. The van der Waals surface area contributed by atoms with Crippen LogP contribution in [0.4, 0.5) is 4.39 Å². The maximum Gasteiger partial charge on any atom is 0.323 e. The van der Waals surface area contributed by atoms with Crippen LogP contribution in [0, 0.1) is 0 Å². The van der Waals surface area contributed by atoms with Crippen molar-refractivity contribution in [3.8, 4) is 0 Å². The van der Waals surface area contributed by atoms with Gasteiger partial charge in [-0.1, -0.05) is 0 Å². The molecular formula is C9H16FN3O2. The van der Waals surface area contributed by atoms with E-state index in [9.17, 15) is 9.18 Å². The van der Waals surface area contributed by atoms with Crippen LogP contribution in [0.3, 0.4) is 0 Å². The van der Waals surface area contributed by atoms with Crippen molar-refractivity contribution in [1.82, 2.24) is 0 Å². The van der Waals surface area contributed by atoms with Crippen LogP contribution in [0.25, 0.3) is 0 Å². The lowest BCUT2D eigenvalue weighted by Crippen LogP contribution is -2.44. The van der Waals surface area contributed by atoms with Crippen LogP contribution in [-0.4, -0.2) is 29.0 Å². The van der Waals surface area contributed by atoms with Crippen LogP contribution < -0.4 is 11.5 Å². The van der Waals surface area contributed by atoms with Gasteiger partial charge in [-0.05, 0) is 19.9 Å². The second-order valence-electron chi connectivity index (χ2n) is 3.53. The van der Waals surface area contributed by atoms with Gasteiger partial charge in [0.25, 0.3) is 0 Å². The number of carboxylic acid groups (broad SMARTS) is 1. The molecule has 86 valence electrons. The molecule has 0 saturated heterocycles. The van der Waals surface area contributed by atoms with Gasteiger partial charge < -0.3 is 16.6 Å². The number of carbonyl (C=O) groups is 1. The molecule has 0 spiro atoms. The second kappa shape index (κ2) is 5.45. The zero-order chi connectivity index (χ0) is 12.1. The van der Waals surface area contributed by atoms with Gasteiger partial charge >= 0.3 is 5.97 Å². The largest absolute Gasteiger partial charge is 0.480 e. The third-order valence-corrected chi connectivity index (χ3v) is 1.68. The zero-order valence-electron chi connectivity index (χ0n) is 8.83. The molecule has 0 aliphatic rings. The average Bonchev–Trinajstić information content (AvgIpc) is 2.01. The van der Waals surface area contributed by atoms with Gasteiger partial charge in [0, 0.05) is 6.42 Å². The first-order valence-corrected chi connectivity index (χ1v) is 4.39. The second-order valence-corrected chi connectivity index (χ2v) is 3.53. The van der Waals surface area contributed by atoms with Crippen molar-refractivity contribution >= 4 is 11.8 Å². The molecule has 0 bridgehead atoms. The molecule has 0 aromatic rings. The summed E-state index contributed by atoms with van der Waals surface area (Å²) in [4.78, 5) is 14.3. The predicted molar refractivity (Wildman–Crippen MR) is 56.2 cm³/mol. The van der Waals surface area contributed by atoms with Crippen LogP contribution in [0.5, 0.6) is 0 Å². The van der Waals surface area contributed by atoms with E-state index in [1.807, 2.05) is 0 Å². The minimum Gasteiger partial charge on any atom is -0.480 e. The molecule has 5 N–H and O–H groups in total. The summed E-state index contributed by atoms with van der Waals surface area (Å²) < 4.78 is 13.1. The number of aliphatic imine (C=N–C) groups is 1. The quantitative estimate of drug-likeness (QED) is 0.458. The normalized spacial score (nSPS) is 17.3. The fourth-order valence-electron chi connectivity index (χ4n) is 0.787. The van der Waals surface area contributed by atoms with Crippen LogP contribution in [-0.2, 0) is 4.79 Å². The van der Waals surface area contributed by atoms with Crippen molar-refractivity contribution in [2.45, 2.75) is 25.8 Å². The van der Waals surface area contributed by atoms with Gasteiger partial charge in [0.2, 0.25) is 0 Å². The first kappa shape index (κ1) is 13.6. The molecule has 0 aliphatic heterocycles. The van der Waals surface area contributed by atoms with Gasteiger partial charge in [0.1, 0.15) is 11.4 Å². The number of hydrogen-bond donors (Lipinski definition) is 3. The lowest BCUT2D eigenvalue weighted by molar-refractivity contribution is -0.142. The molecule has 0 saturated carbocycles. The maximum atomic E-state index is 13.1. The Bertz CT molecular complexity index is 294. The van der Waals surface area contributed by atoms with E-state index in [1.165, 1.54) is 6.92 Å². The summed E-state index contributed by atoms with van der Waals surface area (Å²) in [5, 5.41) is 8.64. The lowest BCUT2D eigenvalue weighted by Gasteiger charge is -2.17. The maximum absolute atomic E-state index is 13.1. The lowest BCUT2D eigenvalue weighted by atomic mass is 9.99. The summed E-state index contributed by atoms with van der Waals surface area (Å²) >= 11 is 0. The summed E-state index contributed by atoms with van der Waals surface area (Å²) in [6.07, 6.45) is 0.798. The molecule has 0 unspecified atom stereocenters. The summed E-state index contributed by atoms with van der Waals surface area (Å²) in [6.45, 7) is 2.92. The standard InChI is InChI=1S/C9H16FN3O2/c1-6(11)13-4-3-7(10)5-9(2,12)8(14)15/h3H,4-5,12H2,1-2H3,(H2,11,13)(H,14,15)/t9-/m0/s1. The number of rotatable bonds is 5. The third-order valence-electron chi connectivity index (χ3n) is 1.68. The van der Waals surface area contributed by atoms with Crippen LogP contribution in [0.2, 0.25) is 0 Å². The zero-order valence-corrected chi connectivity index (χ0v) is 8.83. The summed E-state index contributed by atoms with van der Waals surface area (Å²) in [5.41, 5.74) is 8.99. The Morgan fingerprint density at radius 2 is 2.20 bits per heavy atom. The van der Waals surface area contributed by atoms with Crippen LogP contribution in [0.1, 0.15) is 20.3 Å². The van der Waals surface area contributed by atoms with Crippen LogP contribution >= 0.6 is 0 Å². The van der Waals surface area contributed by atoms with E-state index in [4.69, 9.17) is 16.6 Å². The molecule has 0 aromatic heterocycles. The Morgan fingerprint density at radius 3 is 2.60 bits per heavy atom. The molecule has 5 nitrogen and oxygen atoms in total. The molecule has 15 heavy (non-hydrogen) atoms. The van der Waals surface area contributed by atoms with Crippen molar-refractivity contribution < 1.29 is 14.3 Å². The molecule has 0 aromatic carbocycles. The Kier molecular flexibility index (Phi) is 4.93. The number of halogens is 1. The SMILES string of the molecule is CC(N)=NCC=C(F)C[C@](C)(N)C(=O)O. The van der Waals surface area contributed by atoms with E-state index in [2.05, 4.69) is 4.99 Å². The van der Waals surface area contributed by atoms with Crippen LogP contribution in [0.15, 0.2) is 16.9 Å².